The van der Waals surface area contributed by atoms with Gasteiger partial charge in [0.05, 0.1) is 5.56 Å². The van der Waals surface area contributed by atoms with E-state index >= 15 is 0 Å². The van der Waals surface area contributed by atoms with Gasteiger partial charge in [0, 0.05) is 15.8 Å². The van der Waals surface area contributed by atoms with Crippen LogP contribution in [0.1, 0.15) is 15.9 Å². The number of halogens is 1. The minimum atomic E-state index is -0.629. The van der Waals surface area contributed by atoms with Gasteiger partial charge in [-0.1, -0.05) is 12.1 Å². The Morgan fingerprint density at radius 3 is 2.14 bits per heavy atom. The van der Waals surface area contributed by atoms with E-state index < -0.39 is 6.03 Å². The molecule has 0 aromatic heterocycles. The lowest BCUT2D eigenvalue weighted by Crippen LogP contribution is -2.19. The van der Waals surface area contributed by atoms with Crippen LogP contribution in [0, 0.1) is 6.92 Å². The van der Waals surface area contributed by atoms with Crippen molar-refractivity contribution in [3.8, 4) is 0 Å². The second kappa shape index (κ2) is 6.41. The topological polar surface area (TPSA) is 84.2 Å². The van der Waals surface area contributed by atoms with Crippen molar-refractivity contribution in [1.29, 1.82) is 0 Å². The Hall–Kier alpha value is -2.34. The molecule has 0 unspecified atom stereocenters. The van der Waals surface area contributed by atoms with Gasteiger partial charge in [0.2, 0.25) is 0 Å². The van der Waals surface area contributed by atoms with E-state index in [0.29, 0.717) is 16.9 Å². The van der Waals surface area contributed by atoms with Crippen molar-refractivity contribution in [2.75, 3.05) is 10.6 Å². The van der Waals surface area contributed by atoms with E-state index in [1.54, 1.807) is 30.3 Å². The van der Waals surface area contributed by atoms with E-state index in [1.807, 2.05) is 19.1 Å². The first kappa shape index (κ1) is 15.1. The lowest BCUT2D eigenvalue weighted by Gasteiger charge is -2.09. The summed E-state index contributed by atoms with van der Waals surface area (Å²) in [5.41, 5.74) is 7.77. The van der Waals surface area contributed by atoms with Gasteiger partial charge < -0.3 is 16.4 Å². The number of hydrogen-bond donors (Lipinski definition) is 3. The van der Waals surface area contributed by atoms with Crippen molar-refractivity contribution >= 4 is 39.2 Å². The van der Waals surface area contributed by atoms with E-state index in [1.165, 1.54) is 0 Å². The van der Waals surface area contributed by atoms with E-state index in [2.05, 4.69) is 26.6 Å². The van der Waals surface area contributed by atoms with Crippen molar-refractivity contribution in [1.82, 2.24) is 0 Å². The number of nitrogens with two attached hydrogens (primary N) is 1. The fourth-order valence-electron chi connectivity index (χ4n) is 1.80. The molecule has 0 aliphatic heterocycles. The molecule has 0 aliphatic carbocycles. The Morgan fingerprint density at radius 2 is 1.57 bits per heavy atom. The molecule has 5 nitrogen and oxygen atoms in total. The van der Waals surface area contributed by atoms with E-state index in [4.69, 9.17) is 5.73 Å². The first-order valence-electron chi connectivity index (χ1n) is 6.20. The second-order valence-corrected chi connectivity index (χ2v) is 5.25. The molecule has 4 N–H and O–H groups in total. The maximum Gasteiger partial charge on any atom is 0.316 e. The highest BCUT2D eigenvalue weighted by molar-refractivity contribution is 9.10. The molecule has 0 atom stereocenters. The number of carbonyl (C=O) groups is 2. The summed E-state index contributed by atoms with van der Waals surface area (Å²) >= 11 is 3.41. The molecule has 2 rings (SSSR count). The van der Waals surface area contributed by atoms with Gasteiger partial charge in [-0.2, -0.15) is 0 Å². The number of benzene rings is 2. The molecule has 0 radical (unpaired) electrons. The Labute approximate surface area is 130 Å². The highest BCUT2D eigenvalue weighted by Crippen LogP contribution is 2.22. The van der Waals surface area contributed by atoms with Crippen LogP contribution >= 0.6 is 15.9 Å². The van der Waals surface area contributed by atoms with Crippen LogP contribution in [-0.2, 0) is 0 Å². The first-order chi connectivity index (χ1) is 9.97. The quantitative estimate of drug-likeness (QED) is 0.793. The molecular formula is C15H14BrN3O2. The van der Waals surface area contributed by atoms with Crippen LogP contribution in [0.4, 0.5) is 16.2 Å². The smallest absolute Gasteiger partial charge is 0.316 e. The number of primary amides is 1. The molecular weight excluding hydrogens is 334 g/mol. The zero-order valence-electron chi connectivity index (χ0n) is 11.3. The Bertz CT molecular complexity index is 684. The van der Waals surface area contributed by atoms with Crippen molar-refractivity contribution in [2.24, 2.45) is 5.73 Å². The van der Waals surface area contributed by atoms with Gasteiger partial charge >= 0.3 is 6.03 Å². The Balaban J connectivity index is 2.12. The summed E-state index contributed by atoms with van der Waals surface area (Å²) in [4.78, 5) is 22.9. The van der Waals surface area contributed by atoms with Gasteiger partial charge in [-0.25, -0.2) is 4.79 Å². The average molecular weight is 348 g/mol. The minimum Gasteiger partial charge on any atom is -0.351 e. The molecule has 2 aromatic carbocycles. The molecule has 21 heavy (non-hydrogen) atoms. The minimum absolute atomic E-state index is 0.207. The number of urea groups is 1. The number of carbonyl (C=O) groups excluding carboxylic acids is 2. The normalized spacial score (nSPS) is 10.0. The van der Waals surface area contributed by atoms with Crippen LogP contribution in [0.5, 0.6) is 0 Å². The molecule has 3 amide bonds. The van der Waals surface area contributed by atoms with E-state index in [0.717, 1.165) is 10.0 Å². The molecule has 2 aromatic rings. The molecule has 0 saturated heterocycles. The third-order valence-corrected chi connectivity index (χ3v) is 3.90. The molecule has 0 aliphatic rings. The predicted octanol–water partition coefficient (Wildman–Crippen LogP) is 3.50. The molecule has 6 heteroatoms. The van der Waals surface area contributed by atoms with Gasteiger partial charge in [-0.3, -0.25) is 4.79 Å². The average Bonchev–Trinajstić information content (AvgIpc) is 2.43. The van der Waals surface area contributed by atoms with Crippen LogP contribution in [0.2, 0.25) is 0 Å². The fraction of sp³-hybridized carbons (Fsp3) is 0.0667. The van der Waals surface area contributed by atoms with Crippen molar-refractivity contribution < 1.29 is 9.59 Å². The molecule has 108 valence electrons. The zero-order valence-corrected chi connectivity index (χ0v) is 12.9. The number of amides is 3. The summed E-state index contributed by atoms with van der Waals surface area (Å²) in [6, 6.07) is 11.6. The lowest BCUT2D eigenvalue weighted by atomic mass is 10.1. The van der Waals surface area contributed by atoms with Gasteiger partial charge in [-0.15, -0.1) is 0 Å². The Kier molecular flexibility index (Phi) is 4.59. The third-order valence-electron chi connectivity index (χ3n) is 2.85. The molecule has 0 spiro atoms. The van der Waals surface area contributed by atoms with Crippen molar-refractivity contribution in [3.63, 3.8) is 0 Å². The van der Waals surface area contributed by atoms with Crippen molar-refractivity contribution in [3.05, 3.63) is 58.1 Å². The van der Waals surface area contributed by atoms with Gasteiger partial charge in [0.15, 0.2) is 0 Å². The highest BCUT2D eigenvalue weighted by atomic mass is 79.9. The van der Waals surface area contributed by atoms with Gasteiger partial charge in [0.1, 0.15) is 0 Å². The summed E-state index contributed by atoms with van der Waals surface area (Å²) in [5.74, 6) is -0.207. The summed E-state index contributed by atoms with van der Waals surface area (Å²) < 4.78 is 0.773. The van der Waals surface area contributed by atoms with Crippen molar-refractivity contribution in [2.45, 2.75) is 6.92 Å². The summed E-state index contributed by atoms with van der Waals surface area (Å²) in [6.45, 7) is 1.92. The number of rotatable bonds is 3. The van der Waals surface area contributed by atoms with Crippen LogP contribution in [0.3, 0.4) is 0 Å². The molecule has 0 saturated carbocycles. The van der Waals surface area contributed by atoms with Gasteiger partial charge in [0.25, 0.3) is 5.91 Å². The number of nitrogens with one attached hydrogen (secondary N) is 2. The maximum atomic E-state index is 12.2. The van der Waals surface area contributed by atoms with E-state index in [-0.39, 0.29) is 5.91 Å². The maximum absolute atomic E-state index is 12.2. The van der Waals surface area contributed by atoms with Crippen LogP contribution in [0.25, 0.3) is 0 Å². The largest absolute Gasteiger partial charge is 0.351 e. The molecule has 0 heterocycles. The van der Waals surface area contributed by atoms with Crippen LogP contribution in [0.15, 0.2) is 46.9 Å². The second-order valence-electron chi connectivity index (χ2n) is 4.46. The monoisotopic (exact) mass is 347 g/mol. The molecule has 0 bridgehead atoms. The molecule has 0 fully saturated rings. The summed E-state index contributed by atoms with van der Waals surface area (Å²) in [7, 11) is 0. The first-order valence-corrected chi connectivity index (χ1v) is 6.99. The van der Waals surface area contributed by atoms with Crippen LogP contribution < -0.4 is 16.4 Å². The van der Waals surface area contributed by atoms with Gasteiger partial charge in [-0.05, 0) is 58.7 Å². The predicted molar refractivity (Wildman–Crippen MR) is 86.5 cm³/mol. The Morgan fingerprint density at radius 1 is 1.00 bits per heavy atom. The SMILES string of the molecule is Cc1cccc(C(=O)Nc2ccc(NC(N)=O)cc2)c1Br. The number of aryl methyl sites for hydroxylation is 1. The fourth-order valence-corrected chi connectivity index (χ4v) is 2.24. The highest BCUT2D eigenvalue weighted by Gasteiger charge is 2.11. The van der Waals surface area contributed by atoms with Crippen LogP contribution in [-0.4, -0.2) is 11.9 Å². The zero-order chi connectivity index (χ0) is 15.4. The lowest BCUT2D eigenvalue weighted by molar-refractivity contribution is 0.102. The summed E-state index contributed by atoms with van der Waals surface area (Å²) in [5, 5.41) is 5.25. The number of anilines is 2. The summed E-state index contributed by atoms with van der Waals surface area (Å²) in [6.07, 6.45) is 0. The van der Waals surface area contributed by atoms with E-state index in [9.17, 15) is 9.59 Å². The third kappa shape index (κ3) is 3.82. The standard InChI is InChI=1S/C15H14BrN3O2/c1-9-3-2-4-12(13(9)16)14(20)18-10-5-7-11(8-6-10)19-15(17)21/h2-8H,1H3,(H,18,20)(H3,17,19,21). The number of hydrogen-bond acceptors (Lipinski definition) is 2.